The fraction of sp³-hybridized carbons (Fsp3) is 0.294. The molecule has 0 saturated heterocycles. The lowest BCUT2D eigenvalue weighted by Crippen LogP contribution is -2.31. The second-order valence-electron chi connectivity index (χ2n) is 5.70. The molecule has 0 aliphatic carbocycles. The van der Waals surface area contributed by atoms with E-state index in [1.54, 1.807) is 6.92 Å². The lowest BCUT2D eigenvalue weighted by atomic mass is 9.97. The van der Waals surface area contributed by atoms with Gasteiger partial charge in [-0.05, 0) is 36.4 Å². The van der Waals surface area contributed by atoms with Crippen molar-refractivity contribution in [2.45, 2.75) is 17.1 Å². The number of sulfone groups is 1. The zero-order valence-electron chi connectivity index (χ0n) is 13.1. The Hall–Kier alpha value is -2.15. The summed E-state index contributed by atoms with van der Waals surface area (Å²) in [6.07, 6.45) is 0. The minimum absolute atomic E-state index is 0.00652. The topological polar surface area (TPSA) is 52.6 Å². The molecule has 3 rings (SSSR count). The highest BCUT2D eigenvalue weighted by atomic mass is 32.2. The predicted molar refractivity (Wildman–Crippen MR) is 83.9 cm³/mol. The van der Waals surface area contributed by atoms with Crippen LogP contribution in [0.15, 0.2) is 41.3 Å². The fourth-order valence-corrected chi connectivity index (χ4v) is 4.95. The second-order valence-corrected chi connectivity index (χ2v) is 7.77. The van der Waals surface area contributed by atoms with Crippen LogP contribution < -0.4 is 9.47 Å². The first kappa shape index (κ1) is 16.7. The van der Waals surface area contributed by atoms with Crippen LogP contribution in [0.4, 0.5) is 8.78 Å². The third-order valence-electron chi connectivity index (χ3n) is 4.11. The summed E-state index contributed by atoms with van der Waals surface area (Å²) in [6, 6.07) is 7.67. The predicted octanol–water partition coefficient (Wildman–Crippen LogP) is 3.52. The number of fused-ring (bicyclic) bond motifs is 1. The van der Waals surface area contributed by atoms with E-state index in [-0.39, 0.29) is 22.8 Å². The number of rotatable bonds is 3. The van der Waals surface area contributed by atoms with Gasteiger partial charge in [0.1, 0.15) is 16.8 Å². The lowest BCUT2D eigenvalue weighted by molar-refractivity contribution is 0.213. The molecule has 7 heteroatoms. The van der Waals surface area contributed by atoms with Gasteiger partial charge in [-0.25, -0.2) is 17.2 Å². The molecule has 4 nitrogen and oxygen atoms in total. The molecule has 0 saturated carbocycles. The van der Waals surface area contributed by atoms with Crippen molar-refractivity contribution in [1.82, 2.24) is 0 Å². The molecule has 1 heterocycles. The summed E-state index contributed by atoms with van der Waals surface area (Å²) in [5.74, 6) is -1.91. The molecule has 2 aromatic carbocycles. The highest BCUT2D eigenvalue weighted by Gasteiger charge is 2.42. The highest BCUT2D eigenvalue weighted by Crippen LogP contribution is 2.45. The van der Waals surface area contributed by atoms with Gasteiger partial charge in [-0.1, -0.05) is 6.92 Å². The molecular weight excluding hydrogens is 338 g/mol. The zero-order chi connectivity index (χ0) is 17.5. The SMILES string of the molecule is COc1ccc(S(=O)(=O)C2c3c(F)ccc(F)c3OCC2C)cc1. The van der Waals surface area contributed by atoms with Crippen molar-refractivity contribution in [1.29, 1.82) is 0 Å². The largest absolute Gasteiger partial charge is 0.497 e. The van der Waals surface area contributed by atoms with Gasteiger partial charge < -0.3 is 9.47 Å². The molecule has 128 valence electrons. The van der Waals surface area contributed by atoms with Crippen LogP contribution in [0.2, 0.25) is 0 Å². The smallest absolute Gasteiger partial charge is 0.186 e. The van der Waals surface area contributed by atoms with Crippen LogP contribution in [0.3, 0.4) is 0 Å². The van der Waals surface area contributed by atoms with Gasteiger partial charge in [-0.3, -0.25) is 0 Å². The molecule has 0 amide bonds. The van der Waals surface area contributed by atoms with Crippen LogP contribution in [0.1, 0.15) is 17.7 Å². The molecule has 24 heavy (non-hydrogen) atoms. The molecule has 2 unspecified atom stereocenters. The summed E-state index contributed by atoms with van der Waals surface area (Å²) in [5, 5.41) is -1.22. The summed E-state index contributed by atoms with van der Waals surface area (Å²) in [7, 11) is -2.46. The normalized spacial score (nSPS) is 20.2. The number of halogens is 2. The first-order valence-corrected chi connectivity index (χ1v) is 8.89. The first-order chi connectivity index (χ1) is 11.4. The average molecular weight is 354 g/mol. The van der Waals surface area contributed by atoms with Crippen LogP contribution in [0, 0.1) is 17.6 Å². The number of ether oxygens (including phenoxy) is 2. The molecule has 0 spiro atoms. The van der Waals surface area contributed by atoms with E-state index < -0.39 is 32.6 Å². The van der Waals surface area contributed by atoms with E-state index in [1.807, 2.05) is 0 Å². The van der Waals surface area contributed by atoms with Gasteiger partial charge in [-0.2, -0.15) is 0 Å². The van der Waals surface area contributed by atoms with Gasteiger partial charge in [0.2, 0.25) is 0 Å². The third kappa shape index (κ3) is 2.62. The Morgan fingerprint density at radius 2 is 1.71 bits per heavy atom. The van der Waals surface area contributed by atoms with Crippen LogP contribution in [-0.2, 0) is 9.84 Å². The van der Waals surface area contributed by atoms with Gasteiger partial charge in [0.15, 0.2) is 21.4 Å². The number of hydrogen-bond acceptors (Lipinski definition) is 4. The van der Waals surface area contributed by atoms with E-state index in [1.165, 1.54) is 31.4 Å². The van der Waals surface area contributed by atoms with E-state index in [0.717, 1.165) is 12.1 Å². The number of methoxy groups -OCH3 is 1. The Kier molecular flexibility index (Phi) is 4.21. The summed E-state index contributed by atoms with van der Waals surface area (Å²) in [5.41, 5.74) is -0.246. The summed E-state index contributed by atoms with van der Waals surface area (Å²) >= 11 is 0. The van der Waals surface area contributed by atoms with Crippen molar-refractivity contribution in [2.24, 2.45) is 5.92 Å². The molecule has 2 atom stereocenters. The van der Waals surface area contributed by atoms with E-state index in [0.29, 0.717) is 5.75 Å². The van der Waals surface area contributed by atoms with Crippen molar-refractivity contribution in [3.63, 3.8) is 0 Å². The molecule has 0 N–H and O–H groups in total. The van der Waals surface area contributed by atoms with Crippen molar-refractivity contribution >= 4 is 9.84 Å². The Morgan fingerprint density at radius 1 is 1.08 bits per heavy atom. The summed E-state index contributed by atoms with van der Waals surface area (Å²) in [4.78, 5) is 0.0247. The molecule has 0 fully saturated rings. The van der Waals surface area contributed by atoms with Gasteiger partial charge in [0.05, 0.1) is 24.2 Å². The van der Waals surface area contributed by atoms with Crippen molar-refractivity contribution in [3.8, 4) is 11.5 Å². The van der Waals surface area contributed by atoms with E-state index in [4.69, 9.17) is 9.47 Å². The summed E-state index contributed by atoms with van der Waals surface area (Å²) in [6.45, 7) is 1.63. The quantitative estimate of drug-likeness (QED) is 0.846. The van der Waals surface area contributed by atoms with Crippen LogP contribution in [-0.4, -0.2) is 22.1 Å². The maximum atomic E-state index is 14.3. The molecular formula is C17H16F2O4S. The molecule has 1 aliphatic heterocycles. The minimum Gasteiger partial charge on any atom is -0.497 e. The summed E-state index contributed by atoms with van der Waals surface area (Å²) < 4.78 is 64.6. The monoisotopic (exact) mass is 354 g/mol. The standard InChI is InChI=1S/C17H16F2O4S/c1-10-9-23-16-14(19)8-7-13(18)15(16)17(10)24(20,21)12-5-3-11(22-2)4-6-12/h3-8,10,17H,9H2,1-2H3. The molecule has 0 radical (unpaired) electrons. The third-order valence-corrected chi connectivity index (χ3v) is 6.41. The zero-order valence-corrected chi connectivity index (χ0v) is 13.9. The van der Waals surface area contributed by atoms with E-state index in [2.05, 4.69) is 0 Å². The van der Waals surface area contributed by atoms with Gasteiger partial charge in [-0.15, -0.1) is 0 Å². The molecule has 1 aliphatic rings. The molecule has 0 aromatic heterocycles. The van der Waals surface area contributed by atoms with Crippen LogP contribution >= 0.6 is 0 Å². The van der Waals surface area contributed by atoms with Gasteiger partial charge in [0.25, 0.3) is 0 Å². The van der Waals surface area contributed by atoms with Crippen molar-refractivity contribution in [2.75, 3.05) is 13.7 Å². The Morgan fingerprint density at radius 3 is 2.33 bits per heavy atom. The fourth-order valence-electron chi connectivity index (χ4n) is 2.92. The Bertz CT molecular complexity index is 863. The average Bonchev–Trinajstić information content (AvgIpc) is 2.58. The van der Waals surface area contributed by atoms with Crippen molar-refractivity contribution < 1.29 is 26.7 Å². The highest BCUT2D eigenvalue weighted by molar-refractivity contribution is 7.91. The van der Waals surface area contributed by atoms with Gasteiger partial charge in [0, 0.05) is 5.92 Å². The molecule has 0 bridgehead atoms. The number of benzene rings is 2. The Labute approximate surface area is 138 Å². The first-order valence-electron chi connectivity index (χ1n) is 7.35. The van der Waals surface area contributed by atoms with E-state index in [9.17, 15) is 17.2 Å². The van der Waals surface area contributed by atoms with Gasteiger partial charge >= 0.3 is 0 Å². The van der Waals surface area contributed by atoms with Crippen LogP contribution in [0.5, 0.6) is 11.5 Å². The van der Waals surface area contributed by atoms with Crippen LogP contribution in [0.25, 0.3) is 0 Å². The maximum absolute atomic E-state index is 14.3. The minimum atomic E-state index is -3.93. The lowest BCUT2D eigenvalue weighted by Gasteiger charge is -2.31. The van der Waals surface area contributed by atoms with E-state index >= 15 is 0 Å². The maximum Gasteiger partial charge on any atom is 0.186 e. The number of hydrogen-bond donors (Lipinski definition) is 0. The van der Waals surface area contributed by atoms with Crippen molar-refractivity contribution in [3.05, 3.63) is 53.6 Å². The molecule has 2 aromatic rings. The second kappa shape index (κ2) is 6.05. The Balaban J connectivity index is 2.16.